The van der Waals surface area contributed by atoms with Crippen molar-refractivity contribution in [1.82, 2.24) is 0 Å². The monoisotopic (exact) mass is 958 g/mol. The molecule has 5 rings (SSSR count). The molecule has 0 spiro atoms. The van der Waals surface area contributed by atoms with Gasteiger partial charge in [0.15, 0.2) is 23.1 Å². The molecule has 370 valence electrons. The minimum atomic E-state index is -1.09. The van der Waals surface area contributed by atoms with Gasteiger partial charge in [0.25, 0.3) is 0 Å². The first-order valence-corrected chi connectivity index (χ1v) is 25.2. The van der Waals surface area contributed by atoms with Crippen molar-refractivity contribution in [2.24, 2.45) is 0 Å². The number of rotatable bonds is 28. The third-order valence-electron chi connectivity index (χ3n) is 11.8. The minimum absolute atomic E-state index is 0.121. The summed E-state index contributed by atoms with van der Waals surface area (Å²) in [7, 11) is 0. The summed E-state index contributed by atoms with van der Waals surface area (Å²) >= 11 is 0. The molecule has 0 aliphatic rings. The Hall–Kier alpha value is -6.52. The molecule has 10 heteroatoms. The Morgan fingerprint density at radius 2 is 0.743 bits per heavy atom. The number of hydrogen-bond acceptors (Lipinski definition) is 6. The van der Waals surface area contributed by atoms with Crippen molar-refractivity contribution in [3.63, 3.8) is 0 Å². The molecule has 0 saturated heterocycles. The topological polar surface area (TPSA) is 71.1 Å². The van der Waals surface area contributed by atoms with E-state index in [2.05, 4.69) is 37.5 Å². The Bertz CT molecular complexity index is 2360. The SMILES string of the molecule is CCCCCCCCCCCCOc1ccc(C#Cc2ccc(C(=O)Oc3cccc(OC(=O)c4ccc(C#Cc5ccc(OCCCCCCCCCCCC)c(F)c5F)cc4)c3)cc2)c(F)c1F. The standard InChI is InChI=1S/C60H66F4O6/c1-3-5-7-9-11-13-15-17-19-21-42-67-53-40-38-47(55(61)57(53)63)32-26-45-28-34-49(35-29-45)59(65)69-51-24-23-25-52(44-51)70-60(66)50-36-30-46(31-37-50)27-33-48-39-41-54(58(64)56(48)62)68-43-22-20-18-16-14-12-10-8-6-4-2/h23-25,28-31,34-41,44H,3-22,42-43H2,1-2H3. The lowest BCUT2D eigenvalue weighted by atomic mass is 10.1. The second-order valence-electron chi connectivity index (χ2n) is 17.4. The van der Waals surface area contributed by atoms with E-state index in [1.165, 1.54) is 157 Å². The molecule has 0 aliphatic heterocycles. The number of hydrogen-bond donors (Lipinski definition) is 0. The molecule has 5 aromatic rings. The molecule has 0 bridgehead atoms. The van der Waals surface area contributed by atoms with E-state index < -0.39 is 35.2 Å². The van der Waals surface area contributed by atoms with Gasteiger partial charge < -0.3 is 18.9 Å². The largest absolute Gasteiger partial charge is 0.490 e. The van der Waals surface area contributed by atoms with Crippen LogP contribution in [0.2, 0.25) is 0 Å². The van der Waals surface area contributed by atoms with E-state index in [-0.39, 0.29) is 45.3 Å². The lowest BCUT2D eigenvalue weighted by Crippen LogP contribution is -2.10. The molecular weight excluding hydrogens is 893 g/mol. The van der Waals surface area contributed by atoms with Gasteiger partial charge in [-0.3, -0.25) is 0 Å². The average molecular weight is 959 g/mol. The van der Waals surface area contributed by atoms with Crippen LogP contribution in [-0.2, 0) is 0 Å². The molecule has 0 radical (unpaired) electrons. The van der Waals surface area contributed by atoms with Crippen LogP contribution in [0.4, 0.5) is 17.6 Å². The molecule has 0 unspecified atom stereocenters. The van der Waals surface area contributed by atoms with Gasteiger partial charge in [-0.05, 0) is 97.8 Å². The first-order valence-electron chi connectivity index (χ1n) is 25.2. The predicted molar refractivity (Wildman–Crippen MR) is 269 cm³/mol. The number of esters is 2. The lowest BCUT2D eigenvalue weighted by molar-refractivity contribution is 0.0732. The number of carbonyl (C=O) groups excluding carboxylic acids is 2. The zero-order valence-electron chi connectivity index (χ0n) is 40.8. The van der Waals surface area contributed by atoms with Crippen molar-refractivity contribution in [2.75, 3.05) is 13.2 Å². The molecule has 0 saturated carbocycles. The van der Waals surface area contributed by atoms with Gasteiger partial charge in [-0.1, -0.05) is 159 Å². The Balaban J connectivity index is 1.04. The van der Waals surface area contributed by atoms with Gasteiger partial charge in [0.1, 0.15) is 11.5 Å². The fraction of sp³-hybridized carbons (Fsp3) is 0.400. The highest BCUT2D eigenvalue weighted by atomic mass is 19.2. The van der Waals surface area contributed by atoms with Gasteiger partial charge in [0.05, 0.1) is 35.5 Å². The van der Waals surface area contributed by atoms with Gasteiger partial charge in [-0.2, -0.15) is 8.78 Å². The van der Waals surface area contributed by atoms with Crippen LogP contribution < -0.4 is 18.9 Å². The number of ether oxygens (including phenoxy) is 4. The summed E-state index contributed by atoms with van der Waals surface area (Å²) in [6.45, 7) is 5.04. The molecule has 6 nitrogen and oxygen atoms in total. The molecule has 5 aromatic carbocycles. The molecule has 0 aromatic heterocycles. The Kier molecular flexibility index (Phi) is 24.0. The number of benzene rings is 5. The van der Waals surface area contributed by atoms with Crippen molar-refractivity contribution in [3.8, 4) is 46.7 Å². The zero-order valence-corrected chi connectivity index (χ0v) is 40.8. The Morgan fingerprint density at radius 3 is 1.10 bits per heavy atom. The quantitative estimate of drug-likeness (QED) is 0.0164. The number of carbonyl (C=O) groups is 2. The summed E-state index contributed by atoms with van der Waals surface area (Å²) in [5, 5.41) is 0. The van der Waals surface area contributed by atoms with Gasteiger partial charge in [-0.25, -0.2) is 18.4 Å². The number of halogens is 4. The van der Waals surface area contributed by atoms with E-state index in [1.807, 2.05) is 0 Å². The fourth-order valence-corrected chi connectivity index (χ4v) is 7.61. The second kappa shape index (κ2) is 30.9. The van der Waals surface area contributed by atoms with Gasteiger partial charge >= 0.3 is 11.9 Å². The highest BCUT2D eigenvalue weighted by molar-refractivity contribution is 5.92. The second-order valence-corrected chi connectivity index (χ2v) is 17.4. The molecule has 0 N–H and O–H groups in total. The molecule has 0 atom stereocenters. The maximum absolute atomic E-state index is 14.9. The van der Waals surface area contributed by atoms with Crippen molar-refractivity contribution in [3.05, 3.63) is 154 Å². The van der Waals surface area contributed by atoms with Crippen molar-refractivity contribution in [1.29, 1.82) is 0 Å². The van der Waals surface area contributed by atoms with Gasteiger partial charge in [-0.15, -0.1) is 0 Å². The third-order valence-corrected chi connectivity index (χ3v) is 11.8. The van der Waals surface area contributed by atoms with Crippen LogP contribution in [0.25, 0.3) is 0 Å². The summed E-state index contributed by atoms with van der Waals surface area (Å²) in [4.78, 5) is 26.0. The summed E-state index contributed by atoms with van der Waals surface area (Å²) in [5.74, 6) is 5.15. The van der Waals surface area contributed by atoms with E-state index >= 15 is 0 Å². The predicted octanol–water partition coefficient (Wildman–Crippen LogP) is 16.1. The van der Waals surface area contributed by atoms with E-state index in [0.717, 1.165) is 38.5 Å². The Morgan fingerprint density at radius 1 is 0.400 bits per heavy atom. The Labute approximate surface area is 412 Å². The molecule has 0 heterocycles. The lowest BCUT2D eigenvalue weighted by Gasteiger charge is -2.08. The fourth-order valence-electron chi connectivity index (χ4n) is 7.61. The van der Waals surface area contributed by atoms with Crippen molar-refractivity contribution < 1.29 is 46.1 Å². The van der Waals surface area contributed by atoms with E-state index in [1.54, 1.807) is 30.3 Å². The van der Waals surface area contributed by atoms with Crippen LogP contribution in [0.3, 0.4) is 0 Å². The van der Waals surface area contributed by atoms with Crippen LogP contribution in [0.5, 0.6) is 23.0 Å². The smallest absolute Gasteiger partial charge is 0.343 e. The summed E-state index contributed by atoms with van der Waals surface area (Å²) in [6, 6.07) is 23.7. The zero-order chi connectivity index (χ0) is 49.8. The average Bonchev–Trinajstić information content (AvgIpc) is 3.37. The highest BCUT2D eigenvalue weighted by Crippen LogP contribution is 2.26. The van der Waals surface area contributed by atoms with Crippen molar-refractivity contribution in [2.45, 2.75) is 142 Å². The van der Waals surface area contributed by atoms with Crippen LogP contribution in [-0.4, -0.2) is 25.2 Å². The molecule has 0 fully saturated rings. The summed E-state index contributed by atoms with van der Waals surface area (Å²) < 4.78 is 81.4. The third kappa shape index (κ3) is 18.8. The number of unbranched alkanes of at least 4 members (excludes halogenated alkanes) is 18. The van der Waals surface area contributed by atoms with Crippen LogP contribution in [0.15, 0.2) is 97.1 Å². The first-order chi connectivity index (χ1) is 34.2. The normalized spacial score (nSPS) is 10.7. The summed E-state index contributed by atoms with van der Waals surface area (Å²) in [6.07, 6.45) is 23.3. The van der Waals surface area contributed by atoms with Crippen LogP contribution in [0.1, 0.15) is 185 Å². The maximum atomic E-state index is 14.9. The molecule has 70 heavy (non-hydrogen) atoms. The molecule has 0 aliphatic carbocycles. The van der Waals surface area contributed by atoms with Gasteiger partial charge in [0.2, 0.25) is 11.6 Å². The van der Waals surface area contributed by atoms with E-state index in [0.29, 0.717) is 24.3 Å². The van der Waals surface area contributed by atoms with Crippen LogP contribution in [0, 0.1) is 47.0 Å². The van der Waals surface area contributed by atoms with Gasteiger partial charge in [0, 0.05) is 17.2 Å². The highest BCUT2D eigenvalue weighted by Gasteiger charge is 2.16. The van der Waals surface area contributed by atoms with E-state index in [4.69, 9.17) is 18.9 Å². The minimum Gasteiger partial charge on any atom is -0.490 e. The molecular formula is C60H66F4O6. The van der Waals surface area contributed by atoms with Crippen molar-refractivity contribution >= 4 is 11.9 Å². The maximum Gasteiger partial charge on any atom is 0.343 e. The van der Waals surface area contributed by atoms with E-state index in [9.17, 15) is 27.2 Å². The molecule has 0 amide bonds. The summed E-state index contributed by atoms with van der Waals surface area (Å²) in [5.41, 5.74) is 1.08. The van der Waals surface area contributed by atoms with Crippen LogP contribution >= 0.6 is 0 Å². The first kappa shape index (κ1) is 54.4.